The number of ether oxygens (including phenoxy) is 4. The maximum Gasteiger partial charge on any atom is 0.408 e. The molecule has 0 aliphatic rings. The lowest BCUT2D eigenvalue weighted by atomic mass is 9.73. The SMILES string of the molecule is COc1ccc(COC(=O)[C@@](Cc2ccccc2)(C(=O)Sc2ccc(OC)cc2)[C@@H](NC(=O)OCc2ccccc2)c2ccccc2)cc1. The largest absolute Gasteiger partial charge is 0.497 e. The molecule has 5 aromatic carbocycles. The van der Waals surface area contributed by atoms with E-state index in [9.17, 15) is 14.4 Å². The van der Waals surface area contributed by atoms with Gasteiger partial charge in [-0.1, -0.05) is 115 Å². The third-order valence-corrected chi connectivity index (χ3v) is 9.01. The summed E-state index contributed by atoms with van der Waals surface area (Å²) in [5.74, 6) is 0.480. The quantitative estimate of drug-likeness (QED) is 0.0719. The molecule has 0 saturated carbocycles. The van der Waals surface area contributed by atoms with Gasteiger partial charge < -0.3 is 24.3 Å². The van der Waals surface area contributed by atoms with Crippen LogP contribution in [0.15, 0.2) is 144 Å². The Hall–Kier alpha value is -5.54. The van der Waals surface area contributed by atoms with Crippen LogP contribution in [0.2, 0.25) is 0 Å². The lowest BCUT2D eigenvalue weighted by Gasteiger charge is -2.37. The standard InChI is InChI=1S/C40H37NO7S/c1-45-33-20-18-31(19-21-33)27-47-37(42)40(26-29-12-6-3-7-13-29,38(43)49-35-24-22-34(46-2)23-25-35)36(32-16-10-5-11-17-32)41-39(44)48-28-30-14-8-4-9-15-30/h3-25,36H,26-28H2,1-2H3,(H,41,44)/t36-,40-/m0/s1. The zero-order valence-corrected chi connectivity index (χ0v) is 28.1. The van der Waals surface area contributed by atoms with E-state index in [1.54, 1.807) is 87.0 Å². The summed E-state index contributed by atoms with van der Waals surface area (Å²) >= 11 is 0.900. The highest BCUT2D eigenvalue weighted by atomic mass is 32.2. The number of hydrogen-bond donors (Lipinski definition) is 1. The van der Waals surface area contributed by atoms with Gasteiger partial charge in [-0.3, -0.25) is 9.59 Å². The van der Waals surface area contributed by atoms with Gasteiger partial charge in [0, 0.05) is 4.90 Å². The van der Waals surface area contributed by atoms with E-state index in [1.165, 1.54) is 0 Å². The van der Waals surface area contributed by atoms with Gasteiger partial charge in [0.15, 0.2) is 5.41 Å². The van der Waals surface area contributed by atoms with Gasteiger partial charge in [0.25, 0.3) is 0 Å². The Labute approximate surface area is 290 Å². The normalized spacial score (nSPS) is 12.5. The molecule has 0 spiro atoms. The number of methoxy groups -OCH3 is 2. The molecule has 0 aliphatic carbocycles. The first kappa shape index (κ1) is 34.8. The minimum Gasteiger partial charge on any atom is -0.497 e. The van der Waals surface area contributed by atoms with Crippen LogP contribution in [0.3, 0.4) is 0 Å². The van der Waals surface area contributed by atoms with Crippen LogP contribution in [0.25, 0.3) is 0 Å². The minimum absolute atomic E-state index is 0.00364. The molecule has 8 nitrogen and oxygen atoms in total. The summed E-state index contributed by atoms with van der Waals surface area (Å²) in [4.78, 5) is 43.9. The van der Waals surface area contributed by atoms with Gasteiger partial charge >= 0.3 is 12.1 Å². The van der Waals surface area contributed by atoms with Crippen molar-refractivity contribution in [1.82, 2.24) is 5.32 Å². The highest BCUT2D eigenvalue weighted by Gasteiger charge is 2.55. The number of esters is 1. The van der Waals surface area contributed by atoms with E-state index < -0.39 is 28.6 Å². The fourth-order valence-corrected chi connectivity index (χ4v) is 6.29. The Balaban J connectivity index is 1.59. The first-order valence-corrected chi connectivity index (χ1v) is 16.5. The van der Waals surface area contributed by atoms with Crippen molar-refractivity contribution in [3.63, 3.8) is 0 Å². The molecule has 9 heteroatoms. The molecule has 0 radical (unpaired) electrons. The second-order valence-electron chi connectivity index (χ2n) is 11.2. The van der Waals surface area contributed by atoms with Crippen molar-refractivity contribution in [3.8, 4) is 11.5 Å². The summed E-state index contributed by atoms with van der Waals surface area (Å²) in [5.41, 5.74) is 0.762. The number of nitrogens with one attached hydrogen (secondary N) is 1. The third-order valence-electron chi connectivity index (χ3n) is 7.95. The zero-order chi connectivity index (χ0) is 34.5. The smallest absolute Gasteiger partial charge is 0.408 e. The molecule has 0 fully saturated rings. The summed E-state index contributed by atoms with van der Waals surface area (Å²) in [5, 5.41) is 2.40. The van der Waals surface area contributed by atoms with E-state index >= 15 is 0 Å². The van der Waals surface area contributed by atoms with Crippen molar-refractivity contribution in [3.05, 3.63) is 162 Å². The molecule has 1 N–H and O–H groups in total. The average Bonchev–Trinajstić information content (AvgIpc) is 3.16. The topological polar surface area (TPSA) is 100 Å². The van der Waals surface area contributed by atoms with Crippen LogP contribution in [0, 0.1) is 5.41 Å². The predicted octanol–water partition coefficient (Wildman–Crippen LogP) is 7.96. The molecule has 0 aromatic heterocycles. The van der Waals surface area contributed by atoms with E-state index in [-0.39, 0.29) is 19.6 Å². The highest BCUT2D eigenvalue weighted by molar-refractivity contribution is 8.13. The maximum absolute atomic E-state index is 14.9. The van der Waals surface area contributed by atoms with Crippen LogP contribution in [0.4, 0.5) is 4.79 Å². The second kappa shape index (κ2) is 17.0. The number of benzene rings is 5. The Morgan fingerprint density at radius 2 is 1.10 bits per heavy atom. The second-order valence-corrected chi connectivity index (χ2v) is 12.2. The molecule has 0 aliphatic heterocycles. The zero-order valence-electron chi connectivity index (χ0n) is 27.2. The Kier molecular flexibility index (Phi) is 12.1. The molecule has 250 valence electrons. The molecule has 5 rings (SSSR count). The molecule has 5 aromatic rings. The van der Waals surface area contributed by atoms with E-state index in [0.717, 1.165) is 17.3 Å². The number of carbonyl (C=O) groups excluding carboxylic acids is 3. The number of alkyl carbamates (subject to hydrolysis) is 1. The van der Waals surface area contributed by atoms with Crippen molar-refractivity contribution in [2.45, 2.75) is 30.6 Å². The van der Waals surface area contributed by atoms with Crippen LogP contribution in [-0.2, 0) is 38.7 Å². The van der Waals surface area contributed by atoms with Crippen molar-refractivity contribution >= 4 is 28.9 Å². The third kappa shape index (κ3) is 9.09. The molecule has 0 bridgehead atoms. The Morgan fingerprint density at radius 3 is 1.67 bits per heavy atom. The van der Waals surface area contributed by atoms with Crippen molar-refractivity contribution in [2.24, 2.45) is 5.41 Å². The van der Waals surface area contributed by atoms with Gasteiger partial charge in [0.2, 0.25) is 5.12 Å². The van der Waals surface area contributed by atoms with Gasteiger partial charge in [0.05, 0.1) is 20.3 Å². The highest BCUT2D eigenvalue weighted by Crippen LogP contribution is 2.45. The monoisotopic (exact) mass is 675 g/mol. The van der Waals surface area contributed by atoms with Crippen molar-refractivity contribution in [1.29, 1.82) is 0 Å². The summed E-state index contributed by atoms with van der Waals surface area (Å²) in [6.07, 6.45) is -0.865. The summed E-state index contributed by atoms with van der Waals surface area (Å²) < 4.78 is 22.2. The molecule has 0 heterocycles. The molecule has 1 amide bonds. The van der Waals surface area contributed by atoms with E-state index in [4.69, 9.17) is 18.9 Å². The van der Waals surface area contributed by atoms with E-state index in [2.05, 4.69) is 5.32 Å². The fourth-order valence-electron chi connectivity index (χ4n) is 5.34. The Bertz CT molecular complexity index is 1800. The number of amides is 1. The average molecular weight is 676 g/mol. The first-order chi connectivity index (χ1) is 23.9. The molecule has 49 heavy (non-hydrogen) atoms. The van der Waals surface area contributed by atoms with Gasteiger partial charge in [-0.15, -0.1) is 0 Å². The lowest BCUT2D eigenvalue weighted by molar-refractivity contribution is -0.161. The van der Waals surface area contributed by atoms with Crippen LogP contribution in [-0.4, -0.2) is 31.4 Å². The van der Waals surface area contributed by atoms with Gasteiger partial charge in [0.1, 0.15) is 24.7 Å². The first-order valence-electron chi connectivity index (χ1n) is 15.6. The van der Waals surface area contributed by atoms with Gasteiger partial charge in [-0.05, 0) is 65.1 Å². The number of hydrogen-bond acceptors (Lipinski definition) is 8. The van der Waals surface area contributed by atoms with E-state index in [0.29, 0.717) is 33.1 Å². The predicted molar refractivity (Wildman–Crippen MR) is 188 cm³/mol. The number of rotatable bonds is 14. The maximum atomic E-state index is 14.9. The van der Waals surface area contributed by atoms with Crippen LogP contribution >= 0.6 is 11.8 Å². The van der Waals surface area contributed by atoms with E-state index in [1.807, 2.05) is 66.7 Å². The van der Waals surface area contributed by atoms with Gasteiger partial charge in [-0.2, -0.15) is 0 Å². The van der Waals surface area contributed by atoms with Crippen molar-refractivity contribution < 1.29 is 33.3 Å². The minimum atomic E-state index is -1.95. The molecule has 2 atom stereocenters. The molecule has 0 saturated heterocycles. The molecular formula is C40H37NO7S. The van der Waals surface area contributed by atoms with Gasteiger partial charge in [-0.25, -0.2) is 4.79 Å². The Morgan fingerprint density at radius 1 is 0.612 bits per heavy atom. The molecular weight excluding hydrogens is 639 g/mol. The summed E-state index contributed by atoms with van der Waals surface area (Å²) in [7, 11) is 3.13. The fraction of sp³-hybridized carbons (Fsp3) is 0.175. The number of carbonyl (C=O) groups is 3. The summed E-state index contributed by atoms with van der Waals surface area (Å²) in [6, 6.07) is 40.3. The van der Waals surface area contributed by atoms with Crippen molar-refractivity contribution in [2.75, 3.05) is 14.2 Å². The lowest BCUT2D eigenvalue weighted by Crippen LogP contribution is -2.52. The van der Waals surface area contributed by atoms with Crippen LogP contribution < -0.4 is 14.8 Å². The summed E-state index contributed by atoms with van der Waals surface area (Å²) in [6.45, 7) is -0.115. The van der Waals surface area contributed by atoms with Crippen LogP contribution in [0.5, 0.6) is 11.5 Å². The molecule has 0 unspecified atom stereocenters. The number of thioether (sulfide) groups is 1. The van der Waals surface area contributed by atoms with Crippen LogP contribution in [0.1, 0.15) is 28.3 Å².